The Labute approximate surface area is 325 Å². The van der Waals surface area contributed by atoms with Gasteiger partial charge in [0.25, 0.3) is 0 Å². The Hall–Kier alpha value is -7.21. The number of fused-ring (bicyclic) bond motifs is 12. The summed E-state index contributed by atoms with van der Waals surface area (Å²) in [6, 6.07) is 65.0. The molecular formula is C51H30N4S. The number of hydrogen-bond donors (Lipinski definition) is 0. The first-order valence-corrected chi connectivity index (χ1v) is 19.7. The number of para-hydroxylation sites is 2. The Morgan fingerprint density at radius 1 is 0.321 bits per heavy atom. The van der Waals surface area contributed by atoms with Crippen molar-refractivity contribution in [2.24, 2.45) is 0 Å². The fourth-order valence-electron chi connectivity index (χ4n) is 8.69. The van der Waals surface area contributed by atoms with Crippen LogP contribution in [0.25, 0.3) is 114 Å². The van der Waals surface area contributed by atoms with Gasteiger partial charge in [-0.25, -0.2) is 15.0 Å². The number of hydrogen-bond acceptors (Lipinski definition) is 4. The normalized spacial score (nSPS) is 11.9. The van der Waals surface area contributed by atoms with Gasteiger partial charge in [0, 0.05) is 47.6 Å². The number of benzene rings is 9. The minimum absolute atomic E-state index is 0.625. The van der Waals surface area contributed by atoms with E-state index in [4.69, 9.17) is 15.0 Å². The fraction of sp³-hybridized carbons (Fsp3) is 0. The Balaban J connectivity index is 1.22. The average Bonchev–Trinajstić information content (AvgIpc) is 3.82. The highest BCUT2D eigenvalue weighted by Gasteiger charge is 2.22. The second kappa shape index (κ2) is 12.2. The van der Waals surface area contributed by atoms with Crippen LogP contribution in [0.1, 0.15) is 0 Å². The summed E-state index contributed by atoms with van der Waals surface area (Å²) in [4.78, 5) is 16.0. The molecule has 12 rings (SSSR count). The van der Waals surface area contributed by atoms with Crippen molar-refractivity contribution in [1.29, 1.82) is 0 Å². The Kier molecular flexibility index (Phi) is 6.76. The van der Waals surface area contributed by atoms with Crippen molar-refractivity contribution in [2.75, 3.05) is 0 Å². The lowest BCUT2D eigenvalue weighted by molar-refractivity contribution is 1.07. The molecule has 5 heteroatoms. The molecule has 0 unspecified atom stereocenters. The predicted octanol–water partition coefficient (Wildman–Crippen LogP) is 13.8. The molecular weight excluding hydrogens is 701 g/mol. The van der Waals surface area contributed by atoms with Crippen LogP contribution in [0.2, 0.25) is 0 Å². The lowest BCUT2D eigenvalue weighted by Gasteiger charge is -2.18. The molecule has 0 saturated carbocycles. The Morgan fingerprint density at radius 3 is 1.46 bits per heavy atom. The Bertz CT molecular complexity index is 3490. The maximum Gasteiger partial charge on any atom is 0.166 e. The van der Waals surface area contributed by atoms with Crippen LogP contribution < -0.4 is 0 Å². The fourth-order valence-corrected chi connectivity index (χ4v) is 9.78. The Morgan fingerprint density at radius 2 is 0.804 bits per heavy atom. The topological polar surface area (TPSA) is 43.6 Å². The second-order valence-corrected chi connectivity index (χ2v) is 15.4. The molecule has 56 heavy (non-hydrogen) atoms. The summed E-state index contributed by atoms with van der Waals surface area (Å²) in [7, 11) is 0. The molecule has 260 valence electrons. The van der Waals surface area contributed by atoms with Gasteiger partial charge in [-0.15, -0.1) is 11.3 Å². The third-order valence-electron chi connectivity index (χ3n) is 11.2. The van der Waals surface area contributed by atoms with Crippen molar-refractivity contribution in [3.8, 4) is 39.9 Å². The van der Waals surface area contributed by atoms with Crippen LogP contribution in [0.15, 0.2) is 182 Å². The van der Waals surface area contributed by atoms with Gasteiger partial charge in [0.2, 0.25) is 0 Å². The SMILES string of the molecule is c1ccc(-c2nc(-c3ccc4sc5ccccc5c4c3)nc(-c3cc4c5ccccc5c5ccccc5c4cc3-n3c4ccccc4c4ccccc43)n2)cc1. The molecule has 9 aromatic carbocycles. The van der Waals surface area contributed by atoms with Crippen LogP contribution in [-0.2, 0) is 0 Å². The van der Waals surface area contributed by atoms with E-state index in [1.807, 2.05) is 29.5 Å². The van der Waals surface area contributed by atoms with Gasteiger partial charge in [-0.1, -0.05) is 133 Å². The maximum absolute atomic E-state index is 5.42. The zero-order valence-corrected chi connectivity index (χ0v) is 30.8. The van der Waals surface area contributed by atoms with Crippen molar-refractivity contribution in [1.82, 2.24) is 19.5 Å². The molecule has 0 aliphatic rings. The quantitative estimate of drug-likeness (QED) is 0.169. The first-order valence-electron chi connectivity index (χ1n) is 18.9. The second-order valence-electron chi connectivity index (χ2n) is 14.4. The van der Waals surface area contributed by atoms with Crippen LogP contribution >= 0.6 is 11.3 Å². The zero-order valence-electron chi connectivity index (χ0n) is 30.0. The molecule has 0 bridgehead atoms. The van der Waals surface area contributed by atoms with E-state index in [-0.39, 0.29) is 0 Å². The van der Waals surface area contributed by atoms with Gasteiger partial charge >= 0.3 is 0 Å². The molecule has 0 aliphatic heterocycles. The highest BCUT2D eigenvalue weighted by atomic mass is 32.1. The van der Waals surface area contributed by atoms with Crippen molar-refractivity contribution in [2.45, 2.75) is 0 Å². The summed E-state index contributed by atoms with van der Waals surface area (Å²) in [6.45, 7) is 0. The molecule has 0 N–H and O–H groups in total. The summed E-state index contributed by atoms with van der Waals surface area (Å²) >= 11 is 1.81. The van der Waals surface area contributed by atoms with Crippen molar-refractivity contribution < 1.29 is 0 Å². The number of nitrogens with zero attached hydrogens (tertiary/aromatic N) is 4. The highest BCUT2D eigenvalue weighted by Crippen LogP contribution is 2.43. The van der Waals surface area contributed by atoms with Crippen molar-refractivity contribution >= 4 is 85.6 Å². The molecule has 12 aromatic rings. The van der Waals surface area contributed by atoms with Crippen molar-refractivity contribution in [3.63, 3.8) is 0 Å². The van der Waals surface area contributed by atoms with Gasteiger partial charge in [0.1, 0.15) is 0 Å². The van der Waals surface area contributed by atoms with Gasteiger partial charge in [-0.2, -0.15) is 0 Å². The average molecular weight is 731 g/mol. The van der Waals surface area contributed by atoms with E-state index in [0.29, 0.717) is 17.5 Å². The van der Waals surface area contributed by atoms with Crippen LogP contribution in [-0.4, -0.2) is 19.5 Å². The lowest BCUT2D eigenvalue weighted by atomic mass is 9.92. The maximum atomic E-state index is 5.42. The molecule has 0 radical (unpaired) electrons. The molecule has 0 amide bonds. The van der Waals surface area contributed by atoms with E-state index >= 15 is 0 Å². The summed E-state index contributed by atoms with van der Waals surface area (Å²) in [5.41, 5.74) is 6.12. The lowest BCUT2D eigenvalue weighted by Crippen LogP contribution is -2.04. The molecule has 0 fully saturated rings. The molecule has 0 aliphatic carbocycles. The van der Waals surface area contributed by atoms with Crippen LogP contribution in [0.5, 0.6) is 0 Å². The molecule has 0 saturated heterocycles. The highest BCUT2D eigenvalue weighted by molar-refractivity contribution is 7.25. The molecule has 0 atom stereocenters. The number of thiophene rings is 1. The third kappa shape index (κ3) is 4.68. The predicted molar refractivity (Wildman–Crippen MR) is 236 cm³/mol. The van der Waals surface area contributed by atoms with Gasteiger partial charge in [0.05, 0.1) is 16.7 Å². The zero-order chi connectivity index (χ0) is 36.7. The van der Waals surface area contributed by atoms with E-state index < -0.39 is 0 Å². The summed E-state index contributed by atoms with van der Waals surface area (Å²) < 4.78 is 4.92. The van der Waals surface area contributed by atoms with Crippen LogP contribution in [0, 0.1) is 0 Å². The van der Waals surface area contributed by atoms with Gasteiger partial charge in [0.15, 0.2) is 17.5 Å². The standard InChI is InChI=1S/C51H30N4S/c1-2-14-31(15-3-1)49-52-50(32-26-27-48-42(28-32)39-22-10-13-25-47(39)56-48)54-51(53-49)43-29-40-35-18-6-4-16-33(35)34-17-5-7-19-36(34)41(40)30-46(43)55-44-23-11-8-20-37(44)38-21-9-12-24-45(38)55/h1-30H. The first kappa shape index (κ1) is 31.2. The first-order chi connectivity index (χ1) is 27.8. The largest absolute Gasteiger partial charge is 0.308 e. The van der Waals surface area contributed by atoms with E-state index in [9.17, 15) is 0 Å². The third-order valence-corrected chi connectivity index (χ3v) is 12.4. The summed E-state index contributed by atoms with van der Waals surface area (Å²) in [5, 5.41) is 12.1. The van der Waals surface area contributed by atoms with Crippen LogP contribution in [0.3, 0.4) is 0 Å². The summed E-state index contributed by atoms with van der Waals surface area (Å²) in [5.74, 6) is 1.90. The van der Waals surface area contributed by atoms with Crippen molar-refractivity contribution in [3.05, 3.63) is 182 Å². The monoisotopic (exact) mass is 730 g/mol. The van der Waals surface area contributed by atoms with Crippen LogP contribution in [0.4, 0.5) is 0 Å². The van der Waals surface area contributed by atoms with Gasteiger partial charge < -0.3 is 4.57 Å². The van der Waals surface area contributed by atoms with E-state index in [0.717, 1.165) is 38.8 Å². The summed E-state index contributed by atoms with van der Waals surface area (Å²) in [6.07, 6.45) is 0. The number of aromatic nitrogens is 4. The molecule has 3 aromatic heterocycles. The smallest absolute Gasteiger partial charge is 0.166 e. The van der Waals surface area contributed by atoms with E-state index in [2.05, 4.69) is 168 Å². The van der Waals surface area contributed by atoms with Gasteiger partial charge in [-0.05, 0) is 80.8 Å². The molecule has 0 spiro atoms. The van der Waals surface area contributed by atoms with E-state index in [1.165, 1.54) is 57.9 Å². The van der Waals surface area contributed by atoms with E-state index in [1.54, 1.807) is 0 Å². The molecule has 3 heterocycles. The van der Waals surface area contributed by atoms with Gasteiger partial charge in [-0.3, -0.25) is 0 Å². The molecule has 4 nitrogen and oxygen atoms in total. The minimum atomic E-state index is 0.625. The number of rotatable bonds is 4. The minimum Gasteiger partial charge on any atom is -0.308 e.